The number of hydrogen-bond acceptors (Lipinski definition) is 4. The van der Waals surface area contributed by atoms with Crippen molar-refractivity contribution in [2.75, 3.05) is 14.2 Å². The van der Waals surface area contributed by atoms with Gasteiger partial charge in [0.15, 0.2) is 17.3 Å². The van der Waals surface area contributed by atoms with Crippen LogP contribution in [0, 0.1) is 4.77 Å². The smallest absolute Gasteiger partial charge is 0.216 e. The van der Waals surface area contributed by atoms with E-state index in [0.717, 1.165) is 5.56 Å². The van der Waals surface area contributed by atoms with Gasteiger partial charge in [-0.1, -0.05) is 0 Å². The number of ether oxygens (including phenoxy) is 2. The van der Waals surface area contributed by atoms with Gasteiger partial charge in [0, 0.05) is 12.6 Å². The molecular formula is C11H13N3O2S. The maximum atomic E-state index is 5.24. The Morgan fingerprint density at radius 1 is 1.24 bits per heavy atom. The minimum Gasteiger partial charge on any atom is -0.493 e. The summed E-state index contributed by atoms with van der Waals surface area (Å²) in [7, 11) is 5.02. The molecule has 2 aromatic rings. The highest BCUT2D eigenvalue weighted by Gasteiger charge is 2.08. The van der Waals surface area contributed by atoms with Crippen molar-refractivity contribution in [1.82, 2.24) is 14.8 Å². The molecule has 1 N–H and O–H groups in total. The molecule has 0 amide bonds. The summed E-state index contributed by atoms with van der Waals surface area (Å²) in [5.74, 6) is 2.05. The first-order chi connectivity index (χ1) is 8.15. The van der Waals surface area contributed by atoms with Crippen molar-refractivity contribution in [1.29, 1.82) is 0 Å². The molecule has 1 heterocycles. The molecule has 0 unspecified atom stereocenters. The lowest BCUT2D eigenvalue weighted by Crippen LogP contribution is -1.92. The van der Waals surface area contributed by atoms with Crippen LogP contribution in [0.3, 0.4) is 0 Å². The molecule has 0 aliphatic rings. The number of methoxy groups -OCH3 is 2. The molecule has 0 fully saturated rings. The molecule has 0 bridgehead atoms. The average Bonchev–Trinajstić information content (AvgIpc) is 2.68. The highest BCUT2D eigenvalue weighted by atomic mass is 32.1. The fraction of sp³-hybridized carbons (Fsp3) is 0.273. The quantitative estimate of drug-likeness (QED) is 0.849. The van der Waals surface area contributed by atoms with Gasteiger partial charge in [0.2, 0.25) is 4.77 Å². The molecule has 0 aliphatic carbocycles. The Morgan fingerprint density at radius 3 is 2.47 bits per heavy atom. The van der Waals surface area contributed by atoms with Crippen LogP contribution in [0.1, 0.15) is 0 Å². The predicted molar refractivity (Wildman–Crippen MR) is 66.9 cm³/mol. The minimum atomic E-state index is 0.509. The molecule has 1 aromatic carbocycles. The van der Waals surface area contributed by atoms with E-state index in [1.54, 1.807) is 18.9 Å². The third-order valence-electron chi connectivity index (χ3n) is 2.42. The first kappa shape index (κ1) is 11.7. The van der Waals surface area contributed by atoms with Crippen LogP contribution in [-0.4, -0.2) is 29.0 Å². The number of hydrogen-bond donors (Lipinski definition) is 1. The number of aromatic nitrogens is 3. The molecule has 0 saturated carbocycles. The molecule has 0 aliphatic heterocycles. The molecule has 90 valence electrons. The van der Waals surface area contributed by atoms with Crippen LogP contribution in [0.15, 0.2) is 18.2 Å². The van der Waals surface area contributed by atoms with E-state index < -0.39 is 0 Å². The van der Waals surface area contributed by atoms with E-state index in [1.807, 2.05) is 25.2 Å². The zero-order chi connectivity index (χ0) is 12.4. The fourth-order valence-electron chi connectivity index (χ4n) is 1.51. The van der Waals surface area contributed by atoms with Crippen LogP contribution in [-0.2, 0) is 7.05 Å². The van der Waals surface area contributed by atoms with Gasteiger partial charge in [0.05, 0.1) is 14.2 Å². The number of benzene rings is 1. The Morgan fingerprint density at radius 2 is 1.94 bits per heavy atom. The van der Waals surface area contributed by atoms with Gasteiger partial charge in [-0.05, 0) is 30.4 Å². The first-order valence-electron chi connectivity index (χ1n) is 5.01. The summed E-state index contributed by atoms with van der Waals surface area (Å²) in [4.78, 5) is 4.24. The first-order valence-corrected chi connectivity index (χ1v) is 5.42. The largest absolute Gasteiger partial charge is 0.493 e. The van der Waals surface area contributed by atoms with Gasteiger partial charge in [-0.15, -0.1) is 0 Å². The summed E-state index contributed by atoms with van der Waals surface area (Å²) in [6.07, 6.45) is 0. The normalized spacial score (nSPS) is 10.3. The van der Waals surface area contributed by atoms with Crippen LogP contribution in [0.4, 0.5) is 0 Å². The highest BCUT2D eigenvalue weighted by Crippen LogP contribution is 2.30. The zero-order valence-corrected chi connectivity index (χ0v) is 10.7. The van der Waals surface area contributed by atoms with Crippen LogP contribution < -0.4 is 9.47 Å². The molecule has 0 saturated heterocycles. The third kappa shape index (κ3) is 2.16. The number of aromatic amines is 1. The number of rotatable bonds is 3. The SMILES string of the molecule is COc1ccc(-c2nc(=S)n(C)[nH]2)cc1OC. The van der Waals surface area contributed by atoms with Crippen molar-refractivity contribution in [2.24, 2.45) is 7.05 Å². The molecule has 6 heteroatoms. The summed E-state index contributed by atoms with van der Waals surface area (Å²) in [5.41, 5.74) is 0.898. The molecule has 2 rings (SSSR count). The van der Waals surface area contributed by atoms with Crippen molar-refractivity contribution in [3.63, 3.8) is 0 Å². The molecule has 5 nitrogen and oxygen atoms in total. The Kier molecular flexibility index (Phi) is 3.14. The lowest BCUT2D eigenvalue weighted by Gasteiger charge is -2.08. The van der Waals surface area contributed by atoms with Gasteiger partial charge in [-0.25, -0.2) is 0 Å². The van der Waals surface area contributed by atoms with Crippen molar-refractivity contribution in [2.45, 2.75) is 0 Å². The topological polar surface area (TPSA) is 52.1 Å². The van der Waals surface area contributed by atoms with Gasteiger partial charge >= 0.3 is 0 Å². The summed E-state index contributed by atoms with van der Waals surface area (Å²) in [5, 5.41) is 3.05. The van der Waals surface area contributed by atoms with Crippen LogP contribution in [0.25, 0.3) is 11.4 Å². The summed E-state index contributed by atoms with van der Waals surface area (Å²) < 4.78 is 12.6. The lowest BCUT2D eigenvalue weighted by atomic mass is 10.2. The van der Waals surface area contributed by atoms with Gasteiger partial charge in [-0.2, -0.15) is 4.98 Å². The number of nitrogens with one attached hydrogen (secondary N) is 1. The molecule has 1 aromatic heterocycles. The maximum absolute atomic E-state index is 5.24. The van der Waals surface area contributed by atoms with Crippen LogP contribution in [0.2, 0.25) is 0 Å². The molecule has 0 atom stereocenters. The van der Waals surface area contributed by atoms with Crippen molar-refractivity contribution in [3.05, 3.63) is 23.0 Å². The second-order valence-corrected chi connectivity index (χ2v) is 3.85. The predicted octanol–water partition coefficient (Wildman–Crippen LogP) is 2.16. The van der Waals surface area contributed by atoms with Gasteiger partial charge < -0.3 is 9.47 Å². The fourth-order valence-corrected chi connectivity index (χ4v) is 1.65. The van der Waals surface area contributed by atoms with Crippen molar-refractivity contribution < 1.29 is 9.47 Å². The Bertz CT molecular complexity index is 589. The lowest BCUT2D eigenvalue weighted by molar-refractivity contribution is 0.355. The van der Waals surface area contributed by atoms with E-state index in [0.29, 0.717) is 22.1 Å². The number of H-pyrrole nitrogens is 1. The molecule has 17 heavy (non-hydrogen) atoms. The number of aryl methyl sites for hydroxylation is 1. The van der Waals surface area contributed by atoms with Gasteiger partial charge in [-0.3, -0.25) is 9.78 Å². The van der Waals surface area contributed by atoms with E-state index in [-0.39, 0.29) is 0 Å². The van der Waals surface area contributed by atoms with Crippen LogP contribution >= 0.6 is 12.2 Å². The third-order valence-corrected chi connectivity index (χ3v) is 2.79. The van der Waals surface area contributed by atoms with E-state index in [4.69, 9.17) is 21.7 Å². The van der Waals surface area contributed by atoms with Gasteiger partial charge in [0.25, 0.3) is 0 Å². The summed E-state index contributed by atoms with van der Waals surface area (Å²) in [6.45, 7) is 0. The standard InChI is InChI=1S/C11H13N3O2S/c1-14-11(17)12-10(13-14)7-4-5-8(15-2)9(6-7)16-3/h4-6H,1-3H3,(H,12,13,17). The summed E-state index contributed by atoms with van der Waals surface area (Å²) >= 11 is 5.05. The monoisotopic (exact) mass is 251 g/mol. The highest BCUT2D eigenvalue weighted by molar-refractivity contribution is 7.71. The Hall–Kier alpha value is -1.82. The van der Waals surface area contributed by atoms with Crippen LogP contribution in [0.5, 0.6) is 11.5 Å². The van der Waals surface area contributed by atoms with E-state index >= 15 is 0 Å². The molecule has 0 radical (unpaired) electrons. The maximum Gasteiger partial charge on any atom is 0.216 e. The Labute approximate surface area is 104 Å². The van der Waals surface area contributed by atoms with Crippen molar-refractivity contribution in [3.8, 4) is 22.9 Å². The van der Waals surface area contributed by atoms with E-state index in [9.17, 15) is 0 Å². The van der Waals surface area contributed by atoms with Gasteiger partial charge in [0.1, 0.15) is 0 Å². The van der Waals surface area contributed by atoms with Crippen molar-refractivity contribution >= 4 is 12.2 Å². The second-order valence-electron chi connectivity index (χ2n) is 3.48. The summed E-state index contributed by atoms with van der Waals surface area (Å²) in [6, 6.07) is 5.58. The van der Waals surface area contributed by atoms with E-state index in [2.05, 4.69) is 10.1 Å². The zero-order valence-electron chi connectivity index (χ0n) is 9.85. The second kappa shape index (κ2) is 4.58. The minimum absolute atomic E-state index is 0.509. The molecular weight excluding hydrogens is 238 g/mol. The van der Waals surface area contributed by atoms with E-state index in [1.165, 1.54) is 0 Å². The Balaban J connectivity index is 2.49. The number of nitrogens with zero attached hydrogens (tertiary/aromatic N) is 2. The average molecular weight is 251 g/mol. The molecule has 0 spiro atoms.